The van der Waals surface area contributed by atoms with Crippen LogP contribution in [0.1, 0.15) is 6.92 Å². The average Bonchev–Trinajstić information content (AvgIpc) is 2.38. The molecule has 6 nitrogen and oxygen atoms in total. The van der Waals surface area contributed by atoms with Gasteiger partial charge in [-0.1, -0.05) is 6.92 Å². The summed E-state index contributed by atoms with van der Waals surface area (Å²) in [4.78, 5) is 11.8. The van der Waals surface area contributed by atoms with Crippen molar-refractivity contribution in [1.82, 2.24) is 0 Å². The number of anilines is 1. The van der Waals surface area contributed by atoms with E-state index in [-0.39, 0.29) is 31.1 Å². The van der Waals surface area contributed by atoms with E-state index in [9.17, 15) is 24.7 Å². The predicted octanol–water partition coefficient (Wildman–Crippen LogP) is 1.16. The molecule has 0 amide bonds. The van der Waals surface area contributed by atoms with E-state index in [1.165, 1.54) is 4.90 Å². The first-order valence-corrected chi connectivity index (χ1v) is 5.70. The van der Waals surface area contributed by atoms with E-state index in [1.54, 1.807) is 14.0 Å². The number of benzene rings is 1. The number of nitrogens with zero attached hydrogens (tertiary/aromatic N) is 2. The van der Waals surface area contributed by atoms with Gasteiger partial charge in [-0.25, -0.2) is 4.39 Å². The van der Waals surface area contributed by atoms with Crippen molar-refractivity contribution in [3.63, 3.8) is 0 Å². The van der Waals surface area contributed by atoms with Gasteiger partial charge in [0.1, 0.15) is 11.5 Å². The van der Waals surface area contributed by atoms with Gasteiger partial charge in [0.25, 0.3) is 5.69 Å². The van der Waals surface area contributed by atoms with Crippen molar-refractivity contribution in [2.45, 2.75) is 6.92 Å². The normalized spacial score (nSPS) is 11.4. The number of hydrogen-bond donors (Lipinski definition) is 2. The molecule has 0 fully saturated rings. The molecular formula is C12H17FN2O4. The van der Waals surface area contributed by atoms with Gasteiger partial charge < -0.3 is 15.1 Å². The Morgan fingerprint density at radius 3 is 2.47 bits per heavy atom. The Morgan fingerprint density at radius 2 is 2.00 bits per heavy atom. The second kappa shape index (κ2) is 5.94. The smallest absolute Gasteiger partial charge is 0.292 e. The van der Waals surface area contributed by atoms with Crippen LogP contribution in [-0.2, 0) is 0 Å². The minimum Gasteiger partial charge on any atom is -0.396 e. The maximum absolute atomic E-state index is 13.2. The summed E-state index contributed by atoms with van der Waals surface area (Å²) >= 11 is 0. The summed E-state index contributed by atoms with van der Waals surface area (Å²) < 4.78 is 13.2. The summed E-state index contributed by atoms with van der Waals surface area (Å²) in [6.45, 7) is 1.23. The minimum atomic E-state index is -0.824. The Kier molecular flexibility index (Phi) is 4.79. The van der Waals surface area contributed by atoms with Crippen LogP contribution in [0.5, 0.6) is 0 Å². The number of halogens is 1. The van der Waals surface area contributed by atoms with E-state index in [1.807, 2.05) is 0 Å². The highest BCUT2D eigenvalue weighted by Crippen LogP contribution is 2.30. The fourth-order valence-electron chi connectivity index (χ4n) is 1.76. The SMILES string of the molecule is CN(CC(C)(CO)CO)c1cc(F)ccc1[N+](=O)[O-]. The lowest BCUT2D eigenvalue weighted by molar-refractivity contribution is -0.384. The number of rotatable bonds is 6. The Labute approximate surface area is 110 Å². The lowest BCUT2D eigenvalue weighted by atomic mass is 9.92. The predicted molar refractivity (Wildman–Crippen MR) is 68.6 cm³/mol. The Balaban J connectivity index is 3.08. The van der Waals surface area contributed by atoms with Crippen LogP contribution in [-0.4, -0.2) is 41.9 Å². The zero-order valence-electron chi connectivity index (χ0n) is 10.8. The molecule has 0 saturated heterocycles. The van der Waals surface area contributed by atoms with E-state index in [0.717, 1.165) is 18.2 Å². The van der Waals surface area contributed by atoms with Gasteiger partial charge in [-0.05, 0) is 6.07 Å². The summed E-state index contributed by atoms with van der Waals surface area (Å²) in [6, 6.07) is 3.18. The van der Waals surface area contributed by atoms with Crippen molar-refractivity contribution in [3.8, 4) is 0 Å². The summed E-state index contributed by atoms with van der Waals surface area (Å²) in [5.74, 6) is -0.581. The largest absolute Gasteiger partial charge is 0.396 e. The van der Waals surface area contributed by atoms with Crippen molar-refractivity contribution in [2.24, 2.45) is 5.41 Å². The topological polar surface area (TPSA) is 86.8 Å². The van der Waals surface area contributed by atoms with Gasteiger partial charge in [-0.15, -0.1) is 0 Å². The molecule has 0 saturated carbocycles. The highest BCUT2D eigenvalue weighted by molar-refractivity contribution is 5.63. The first-order valence-electron chi connectivity index (χ1n) is 5.70. The van der Waals surface area contributed by atoms with Gasteiger partial charge in [0.2, 0.25) is 0 Å². The molecule has 0 spiro atoms. The molecule has 1 aromatic rings. The summed E-state index contributed by atoms with van der Waals surface area (Å²) in [6.07, 6.45) is 0. The van der Waals surface area contributed by atoms with E-state index in [0.29, 0.717) is 0 Å². The lowest BCUT2D eigenvalue weighted by Crippen LogP contribution is -2.39. The second-order valence-electron chi connectivity index (χ2n) is 4.87. The van der Waals surface area contributed by atoms with Gasteiger partial charge >= 0.3 is 0 Å². The zero-order valence-corrected chi connectivity index (χ0v) is 10.8. The first-order chi connectivity index (χ1) is 8.83. The maximum Gasteiger partial charge on any atom is 0.292 e. The second-order valence-corrected chi connectivity index (χ2v) is 4.87. The van der Waals surface area contributed by atoms with Crippen LogP contribution in [0.3, 0.4) is 0 Å². The van der Waals surface area contributed by atoms with Gasteiger partial charge in [0.15, 0.2) is 0 Å². The fraction of sp³-hybridized carbons (Fsp3) is 0.500. The third-order valence-corrected chi connectivity index (χ3v) is 2.93. The maximum atomic E-state index is 13.2. The number of nitro groups is 1. The van der Waals surface area contributed by atoms with Crippen LogP contribution in [0.2, 0.25) is 0 Å². The molecule has 0 radical (unpaired) electrons. The molecule has 1 rings (SSSR count). The minimum absolute atomic E-state index is 0.109. The Morgan fingerprint density at radius 1 is 1.42 bits per heavy atom. The van der Waals surface area contributed by atoms with E-state index < -0.39 is 16.2 Å². The molecule has 106 valence electrons. The van der Waals surface area contributed by atoms with Gasteiger partial charge in [0, 0.05) is 31.1 Å². The number of hydrogen-bond acceptors (Lipinski definition) is 5. The van der Waals surface area contributed by atoms with Crippen LogP contribution >= 0.6 is 0 Å². The molecular weight excluding hydrogens is 255 g/mol. The standard InChI is InChI=1S/C12H17FN2O4/c1-12(7-16,8-17)6-14(2)11-5-9(13)3-4-10(11)15(18)19/h3-5,16-17H,6-8H2,1-2H3. The van der Waals surface area contributed by atoms with Crippen molar-refractivity contribution in [3.05, 3.63) is 34.1 Å². The number of aliphatic hydroxyl groups excluding tert-OH is 2. The molecule has 19 heavy (non-hydrogen) atoms. The molecule has 0 aliphatic carbocycles. The van der Waals surface area contributed by atoms with E-state index >= 15 is 0 Å². The van der Waals surface area contributed by atoms with Crippen LogP contribution in [0, 0.1) is 21.3 Å². The fourth-order valence-corrected chi connectivity index (χ4v) is 1.76. The Hall–Kier alpha value is -1.73. The van der Waals surface area contributed by atoms with Crippen molar-refractivity contribution >= 4 is 11.4 Å². The Bertz CT molecular complexity index is 463. The van der Waals surface area contributed by atoms with Gasteiger partial charge in [-0.3, -0.25) is 10.1 Å². The monoisotopic (exact) mass is 272 g/mol. The summed E-state index contributed by atoms with van der Waals surface area (Å²) in [5, 5.41) is 29.3. The molecule has 0 aliphatic rings. The van der Waals surface area contributed by atoms with Gasteiger partial charge in [-0.2, -0.15) is 0 Å². The van der Waals surface area contributed by atoms with Crippen molar-refractivity contribution in [1.29, 1.82) is 0 Å². The third kappa shape index (κ3) is 3.62. The molecule has 1 aromatic carbocycles. The summed E-state index contributed by atoms with van der Waals surface area (Å²) in [7, 11) is 1.55. The zero-order chi connectivity index (χ0) is 14.6. The third-order valence-electron chi connectivity index (χ3n) is 2.93. The average molecular weight is 272 g/mol. The van der Waals surface area contributed by atoms with Crippen LogP contribution in [0.4, 0.5) is 15.8 Å². The first kappa shape index (κ1) is 15.3. The molecule has 0 aliphatic heterocycles. The quantitative estimate of drug-likeness (QED) is 0.599. The van der Waals surface area contributed by atoms with Crippen LogP contribution < -0.4 is 4.90 Å². The number of aliphatic hydroxyl groups is 2. The molecule has 0 aromatic heterocycles. The molecule has 0 bridgehead atoms. The van der Waals surface area contributed by atoms with Crippen LogP contribution in [0.15, 0.2) is 18.2 Å². The lowest BCUT2D eigenvalue weighted by Gasteiger charge is -2.31. The molecule has 0 atom stereocenters. The highest BCUT2D eigenvalue weighted by Gasteiger charge is 2.27. The van der Waals surface area contributed by atoms with Gasteiger partial charge in [0.05, 0.1) is 18.1 Å². The highest BCUT2D eigenvalue weighted by atomic mass is 19.1. The molecule has 0 heterocycles. The van der Waals surface area contributed by atoms with Crippen LogP contribution in [0.25, 0.3) is 0 Å². The van der Waals surface area contributed by atoms with E-state index in [2.05, 4.69) is 0 Å². The molecule has 7 heteroatoms. The summed E-state index contributed by atoms with van der Waals surface area (Å²) in [5.41, 5.74) is -0.935. The van der Waals surface area contributed by atoms with E-state index in [4.69, 9.17) is 0 Å². The van der Waals surface area contributed by atoms with Crippen molar-refractivity contribution < 1.29 is 19.5 Å². The molecule has 2 N–H and O–H groups in total. The molecule has 0 unspecified atom stereocenters. The number of nitro benzene ring substituents is 1. The van der Waals surface area contributed by atoms with Crippen molar-refractivity contribution in [2.75, 3.05) is 31.7 Å².